The minimum absolute atomic E-state index is 0.156. The number of hydrogen-bond acceptors (Lipinski definition) is 8. The number of nitrogens with one attached hydrogen (secondary N) is 1. The molecular formula is C17H16N2O5S3. The second-order valence-electron chi connectivity index (χ2n) is 6.16. The molecule has 10 heteroatoms. The van der Waals surface area contributed by atoms with Gasteiger partial charge in [-0.25, -0.2) is 0 Å². The number of ether oxygens (including phenoxy) is 2. The minimum Gasteiger partial charge on any atom is -0.454 e. The van der Waals surface area contributed by atoms with Gasteiger partial charge in [-0.15, -0.1) is 0 Å². The van der Waals surface area contributed by atoms with Crippen molar-refractivity contribution >= 4 is 58.0 Å². The molecule has 3 heterocycles. The average molecular weight is 425 g/mol. The van der Waals surface area contributed by atoms with Crippen molar-refractivity contribution < 1.29 is 24.2 Å². The SMILES string of the molecule is O=C(CN1C(=O)/C(=C/c2ccc3c(c2)OCO3)SC1=S)NC1CSCC1O. The van der Waals surface area contributed by atoms with Crippen molar-refractivity contribution in [2.75, 3.05) is 24.8 Å². The van der Waals surface area contributed by atoms with Gasteiger partial charge in [0.15, 0.2) is 11.5 Å². The molecular weight excluding hydrogens is 408 g/mol. The summed E-state index contributed by atoms with van der Waals surface area (Å²) in [6, 6.07) is 5.12. The molecule has 2 unspecified atom stereocenters. The average Bonchev–Trinajstić information content (AvgIpc) is 3.32. The van der Waals surface area contributed by atoms with Crippen LogP contribution in [0.4, 0.5) is 0 Å². The fourth-order valence-corrected chi connectivity index (χ4v) is 5.29. The number of fused-ring (bicyclic) bond motifs is 1. The quantitative estimate of drug-likeness (QED) is 0.551. The second kappa shape index (κ2) is 7.70. The van der Waals surface area contributed by atoms with E-state index in [4.69, 9.17) is 21.7 Å². The molecule has 2 saturated heterocycles. The highest BCUT2D eigenvalue weighted by Gasteiger charge is 2.35. The predicted molar refractivity (Wildman–Crippen MR) is 108 cm³/mol. The fourth-order valence-electron chi connectivity index (χ4n) is 2.87. The largest absolute Gasteiger partial charge is 0.454 e. The van der Waals surface area contributed by atoms with E-state index in [0.717, 1.165) is 17.3 Å². The highest BCUT2D eigenvalue weighted by molar-refractivity contribution is 8.26. The monoisotopic (exact) mass is 424 g/mol. The third kappa shape index (κ3) is 3.93. The van der Waals surface area contributed by atoms with Crippen LogP contribution in [0.25, 0.3) is 6.08 Å². The van der Waals surface area contributed by atoms with Crippen molar-refractivity contribution in [3.8, 4) is 11.5 Å². The number of hydrogen-bond donors (Lipinski definition) is 2. The van der Waals surface area contributed by atoms with Crippen molar-refractivity contribution in [2.45, 2.75) is 12.1 Å². The summed E-state index contributed by atoms with van der Waals surface area (Å²) < 4.78 is 11.0. The molecule has 0 saturated carbocycles. The number of aliphatic hydroxyl groups is 1. The zero-order chi connectivity index (χ0) is 19.0. The number of amides is 2. The van der Waals surface area contributed by atoms with Crippen LogP contribution in [0.5, 0.6) is 11.5 Å². The standard InChI is InChI=1S/C17H16N2O5S3/c20-11-7-26-6-10(11)18-15(21)5-19-16(22)14(27-17(19)25)4-9-1-2-12-13(3-9)24-8-23-12/h1-4,10-11,20H,5-8H2,(H,18,21)/b14-4-. The van der Waals surface area contributed by atoms with Gasteiger partial charge in [0.25, 0.3) is 5.91 Å². The molecule has 3 aliphatic heterocycles. The van der Waals surface area contributed by atoms with Crippen LogP contribution in [-0.4, -0.2) is 63.1 Å². The number of thiocarbonyl (C=S) groups is 1. The summed E-state index contributed by atoms with van der Waals surface area (Å²) in [5, 5.41) is 12.6. The maximum atomic E-state index is 12.7. The van der Waals surface area contributed by atoms with Crippen molar-refractivity contribution in [2.24, 2.45) is 0 Å². The van der Waals surface area contributed by atoms with Gasteiger partial charge < -0.3 is 19.9 Å². The Morgan fingerprint density at radius 2 is 2.19 bits per heavy atom. The van der Waals surface area contributed by atoms with Gasteiger partial charge in [0.05, 0.1) is 17.1 Å². The summed E-state index contributed by atoms with van der Waals surface area (Å²) in [5.41, 5.74) is 0.787. The maximum Gasteiger partial charge on any atom is 0.266 e. The molecule has 0 aromatic heterocycles. The number of aliphatic hydroxyl groups excluding tert-OH is 1. The summed E-state index contributed by atoms with van der Waals surface area (Å²) >= 11 is 8.00. The van der Waals surface area contributed by atoms with Crippen molar-refractivity contribution in [1.29, 1.82) is 0 Å². The van der Waals surface area contributed by atoms with E-state index in [1.165, 1.54) is 4.90 Å². The highest BCUT2D eigenvalue weighted by Crippen LogP contribution is 2.36. The summed E-state index contributed by atoms with van der Waals surface area (Å²) in [5.74, 6) is 1.93. The Labute approximate surface area is 169 Å². The van der Waals surface area contributed by atoms with Crippen molar-refractivity contribution in [1.82, 2.24) is 10.2 Å². The van der Waals surface area contributed by atoms with E-state index in [1.54, 1.807) is 30.0 Å². The number of rotatable bonds is 4. The van der Waals surface area contributed by atoms with Gasteiger partial charge in [0.1, 0.15) is 10.9 Å². The Morgan fingerprint density at radius 1 is 1.37 bits per heavy atom. The molecule has 0 bridgehead atoms. The normalized spacial score (nSPS) is 25.5. The molecule has 142 valence electrons. The first-order chi connectivity index (χ1) is 13.0. The Hall–Kier alpha value is -1.75. The Morgan fingerprint density at radius 3 is 2.96 bits per heavy atom. The first-order valence-corrected chi connectivity index (χ1v) is 10.6. The Bertz CT molecular complexity index is 844. The fraction of sp³-hybridized carbons (Fsp3) is 0.353. The van der Waals surface area contributed by atoms with E-state index >= 15 is 0 Å². The van der Waals surface area contributed by atoms with Crippen LogP contribution in [0.2, 0.25) is 0 Å². The van der Waals surface area contributed by atoms with Crippen LogP contribution < -0.4 is 14.8 Å². The lowest BCUT2D eigenvalue weighted by atomic mass is 10.2. The lowest BCUT2D eigenvalue weighted by Crippen LogP contribution is -2.47. The first-order valence-electron chi connectivity index (χ1n) is 8.21. The molecule has 0 spiro atoms. The summed E-state index contributed by atoms with van der Waals surface area (Å²) in [7, 11) is 0. The molecule has 1 aromatic carbocycles. The van der Waals surface area contributed by atoms with E-state index in [0.29, 0.717) is 32.2 Å². The van der Waals surface area contributed by atoms with Gasteiger partial charge >= 0.3 is 0 Å². The number of benzene rings is 1. The number of carbonyl (C=O) groups excluding carboxylic acids is 2. The van der Waals surface area contributed by atoms with Crippen LogP contribution in [-0.2, 0) is 9.59 Å². The molecule has 2 atom stereocenters. The van der Waals surface area contributed by atoms with Crippen LogP contribution in [0.3, 0.4) is 0 Å². The van der Waals surface area contributed by atoms with Crippen LogP contribution in [0, 0.1) is 0 Å². The molecule has 2 N–H and O–H groups in total. The molecule has 7 nitrogen and oxygen atoms in total. The van der Waals surface area contributed by atoms with Gasteiger partial charge in [0, 0.05) is 11.5 Å². The number of carbonyl (C=O) groups is 2. The zero-order valence-electron chi connectivity index (χ0n) is 14.0. The summed E-state index contributed by atoms with van der Waals surface area (Å²) in [6.07, 6.45) is 1.16. The molecule has 1 aromatic rings. The maximum absolute atomic E-state index is 12.7. The Kier molecular flexibility index (Phi) is 5.31. The van der Waals surface area contributed by atoms with Crippen molar-refractivity contribution in [3.05, 3.63) is 28.7 Å². The van der Waals surface area contributed by atoms with Gasteiger partial charge in [-0.05, 0) is 23.8 Å². The molecule has 0 aliphatic carbocycles. The first kappa shape index (κ1) is 18.6. The lowest BCUT2D eigenvalue weighted by Gasteiger charge is -2.18. The summed E-state index contributed by atoms with van der Waals surface area (Å²) in [6.45, 7) is 0.0290. The van der Waals surface area contributed by atoms with Gasteiger partial charge in [-0.1, -0.05) is 30.0 Å². The zero-order valence-corrected chi connectivity index (χ0v) is 16.5. The Balaban J connectivity index is 1.43. The van der Waals surface area contributed by atoms with E-state index < -0.39 is 6.10 Å². The lowest BCUT2D eigenvalue weighted by molar-refractivity contribution is -0.129. The molecule has 3 aliphatic rings. The third-order valence-corrected chi connectivity index (χ3v) is 6.82. The van der Waals surface area contributed by atoms with Gasteiger partial charge in [0.2, 0.25) is 12.7 Å². The van der Waals surface area contributed by atoms with Crippen molar-refractivity contribution in [3.63, 3.8) is 0 Å². The van der Waals surface area contributed by atoms with Crippen LogP contribution in [0.15, 0.2) is 23.1 Å². The van der Waals surface area contributed by atoms with E-state index in [-0.39, 0.29) is 31.2 Å². The third-order valence-electron chi connectivity index (χ3n) is 4.27. The van der Waals surface area contributed by atoms with Crippen LogP contribution >= 0.6 is 35.7 Å². The molecule has 4 rings (SSSR count). The molecule has 0 radical (unpaired) electrons. The van der Waals surface area contributed by atoms with E-state index in [9.17, 15) is 14.7 Å². The number of thioether (sulfide) groups is 2. The van der Waals surface area contributed by atoms with Gasteiger partial charge in [-0.3, -0.25) is 14.5 Å². The molecule has 2 fully saturated rings. The molecule has 2 amide bonds. The molecule has 27 heavy (non-hydrogen) atoms. The predicted octanol–water partition coefficient (Wildman–Crippen LogP) is 1.21. The smallest absolute Gasteiger partial charge is 0.266 e. The minimum atomic E-state index is -0.559. The topological polar surface area (TPSA) is 88.1 Å². The summed E-state index contributed by atoms with van der Waals surface area (Å²) in [4.78, 5) is 26.6. The van der Waals surface area contributed by atoms with E-state index in [2.05, 4.69) is 5.32 Å². The number of nitrogens with zero attached hydrogens (tertiary/aromatic N) is 1. The second-order valence-corrected chi connectivity index (χ2v) is 8.91. The van der Waals surface area contributed by atoms with E-state index in [1.807, 2.05) is 6.07 Å². The van der Waals surface area contributed by atoms with Crippen LogP contribution in [0.1, 0.15) is 5.56 Å². The highest BCUT2D eigenvalue weighted by atomic mass is 32.2. The van der Waals surface area contributed by atoms with Gasteiger partial charge in [-0.2, -0.15) is 11.8 Å².